The summed E-state index contributed by atoms with van der Waals surface area (Å²) in [5.41, 5.74) is -4.50. The number of ether oxygens (including phenoxy) is 1. The van der Waals surface area contributed by atoms with Gasteiger partial charge in [0.1, 0.15) is 15.7 Å². The van der Waals surface area contributed by atoms with Crippen LogP contribution in [0.1, 0.15) is 56.9 Å². The number of nitrogens with one attached hydrogen (secondary N) is 1. The summed E-state index contributed by atoms with van der Waals surface area (Å²) in [6.45, 7) is 4.95. The van der Waals surface area contributed by atoms with Gasteiger partial charge in [-0.3, -0.25) is 13.9 Å². The molecule has 3 aromatic rings. The van der Waals surface area contributed by atoms with Crippen molar-refractivity contribution in [3.8, 4) is 11.6 Å². The Bertz CT molecular complexity index is 1650. The first-order valence-electron chi connectivity index (χ1n) is 12.7. The number of sulfone groups is 1. The van der Waals surface area contributed by atoms with E-state index in [1.165, 1.54) is 20.8 Å². The van der Waals surface area contributed by atoms with Crippen LogP contribution < -0.4 is 15.7 Å². The van der Waals surface area contributed by atoms with Crippen molar-refractivity contribution in [2.75, 3.05) is 18.1 Å². The lowest BCUT2D eigenvalue weighted by molar-refractivity contribution is 0.0307. The molecule has 10 nitrogen and oxygen atoms in total. The minimum absolute atomic E-state index is 0.0289. The number of hydrogen-bond acceptors (Lipinski definition) is 7. The van der Waals surface area contributed by atoms with Gasteiger partial charge in [-0.25, -0.2) is 35.8 Å². The van der Waals surface area contributed by atoms with Crippen LogP contribution in [0.2, 0.25) is 0 Å². The third kappa shape index (κ3) is 6.25. The van der Waals surface area contributed by atoms with Crippen LogP contribution in [0.3, 0.4) is 0 Å². The Hall–Kier alpha value is -3.46. The van der Waals surface area contributed by atoms with Gasteiger partial charge < -0.3 is 15.2 Å². The number of imidazole rings is 1. The quantitative estimate of drug-likeness (QED) is 0.379. The van der Waals surface area contributed by atoms with Gasteiger partial charge in [-0.05, 0) is 46.6 Å². The van der Waals surface area contributed by atoms with Crippen molar-refractivity contribution >= 4 is 26.8 Å². The lowest BCUT2D eigenvalue weighted by Crippen LogP contribution is -2.51. The Labute approximate surface area is 232 Å². The van der Waals surface area contributed by atoms with E-state index < -0.39 is 80.4 Å². The summed E-state index contributed by atoms with van der Waals surface area (Å²) in [5.74, 6) is -3.66. The van der Waals surface area contributed by atoms with Crippen LogP contribution in [-0.2, 0) is 9.84 Å². The number of aromatic nitrogens is 3. The first-order valence-corrected chi connectivity index (χ1v) is 14.5. The van der Waals surface area contributed by atoms with Gasteiger partial charge in [0.25, 0.3) is 12.3 Å². The molecule has 1 amide bonds. The Morgan fingerprint density at radius 2 is 1.80 bits per heavy atom. The number of fused-ring (bicyclic) bond motifs is 1. The molecular weight excluding hydrogens is 572 g/mol. The van der Waals surface area contributed by atoms with E-state index >= 15 is 4.39 Å². The zero-order valence-electron chi connectivity index (χ0n) is 22.7. The molecule has 1 aliphatic heterocycles. The highest BCUT2D eigenvalue weighted by molar-refractivity contribution is 7.91. The summed E-state index contributed by atoms with van der Waals surface area (Å²) < 4.78 is 86.1. The van der Waals surface area contributed by atoms with Crippen molar-refractivity contribution in [2.45, 2.75) is 64.1 Å². The number of pyridine rings is 1. The fourth-order valence-electron chi connectivity index (χ4n) is 4.60. The number of benzene rings is 1. The van der Waals surface area contributed by atoms with Crippen LogP contribution in [0.4, 0.5) is 17.6 Å². The van der Waals surface area contributed by atoms with Gasteiger partial charge in [0, 0.05) is 17.7 Å². The predicted octanol–water partition coefficient (Wildman–Crippen LogP) is 3.14. The van der Waals surface area contributed by atoms with E-state index in [4.69, 9.17) is 4.74 Å². The molecule has 0 spiro atoms. The van der Waals surface area contributed by atoms with Crippen LogP contribution in [-0.4, -0.2) is 69.2 Å². The average molecular weight is 603 g/mol. The van der Waals surface area contributed by atoms with E-state index in [2.05, 4.69) is 10.3 Å². The number of alkyl halides is 2. The van der Waals surface area contributed by atoms with Gasteiger partial charge in [0.05, 0.1) is 51.6 Å². The molecule has 1 aromatic carbocycles. The van der Waals surface area contributed by atoms with Gasteiger partial charge in [0.15, 0.2) is 12.4 Å². The smallest absolute Gasteiger partial charge is 0.334 e. The molecule has 2 aromatic heterocycles. The molecule has 41 heavy (non-hydrogen) atoms. The van der Waals surface area contributed by atoms with Crippen molar-refractivity contribution in [1.82, 2.24) is 19.4 Å². The van der Waals surface area contributed by atoms with Crippen molar-refractivity contribution in [3.63, 3.8) is 0 Å². The second kappa shape index (κ2) is 10.7. The molecule has 15 heteroatoms. The van der Waals surface area contributed by atoms with E-state index in [1.54, 1.807) is 6.92 Å². The molecule has 1 saturated heterocycles. The summed E-state index contributed by atoms with van der Waals surface area (Å²) in [6, 6.07) is 1.89. The SMILES string of the molecule is C[C@H](n1c(=O)n(-c2cc(OCC(F)F)ncc2F)c2cc(F)c(C(=O)NC3(C)CCS(=O)(=O)CC3)cc21)C(C)(C)O. The zero-order chi connectivity index (χ0) is 30.5. The van der Waals surface area contributed by atoms with Crippen molar-refractivity contribution < 1.29 is 40.6 Å². The Morgan fingerprint density at radius 3 is 2.39 bits per heavy atom. The maximum atomic E-state index is 15.5. The largest absolute Gasteiger partial charge is 0.472 e. The van der Waals surface area contributed by atoms with E-state index in [0.29, 0.717) is 6.20 Å². The first kappa shape index (κ1) is 30.5. The van der Waals surface area contributed by atoms with Gasteiger partial charge >= 0.3 is 5.69 Å². The fraction of sp³-hybridized carbons (Fsp3) is 0.500. The second-order valence-corrected chi connectivity index (χ2v) is 13.3. The summed E-state index contributed by atoms with van der Waals surface area (Å²) in [4.78, 5) is 30.5. The minimum Gasteiger partial charge on any atom is -0.472 e. The molecule has 0 saturated carbocycles. The first-order chi connectivity index (χ1) is 18.9. The third-order valence-corrected chi connectivity index (χ3v) is 9.02. The highest BCUT2D eigenvalue weighted by atomic mass is 32.2. The van der Waals surface area contributed by atoms with Crippen LogP contribution in [0, 0.1) is 11.6 Å². The average Bonchev–Trinajstić information content (AvgIpc) is 3.14. The summed E-state index contributed by atoms with van der Waals surface area (Å²) in [6.07, 6.45) is -1.94. The number of rotatable bonds is 8. The van der Waals surface area contributed by atoms with Crippen LogP contribution >= 0.6 is 0 Å². The molecule has 4 rings (SSSR count). The van der Waals surface area contributed by atoms with E-state index in [1.807, 2.05) is 0 Å². The number of amides is 1. The van der Waals surface area contributed by atoms with Gasteiger partial charge in [-0.15, -0.1) is 0 Å². The molecule has 1 fully saturated rings. The van der Waals surface area contributed by atoms with Gasteiger partial charge in [0.2, 0.25) is 5.88 Å². The molecule has 0 bridgehead atoms. The number of carbonyl (C=O) groups is 1. The van der Waals surface area contributed by atoms with Gasteiger partial charge in [-0.2, -0.15) is 0 Å². The predicted molar refractivity (Wildman–Crippen MR) is 142 cm³/mol. The summed E-state index contributed by atoms with van der Waals surface area (Å²) >= 11 is 0. The Balaban J connectivity index is 1.87. The molecule has 0 unspecified atom stereocenters. The Morgan fingerprint density at radius 1 is 1.17 bits per heavy atom. The molecule has 1 aliphatic rings. The highest BCUT2D eigenvalue weighted by Gasteiger charge is 2.36. The van der Waals surface area contributed by atoms with Crippen molar-refractivity contribution in [2.24, 2.45) is 0 Å². The molecule has 0 radical (unpaired) electrons. The topological polar surface area (TPSA) is 133 Å². The third-order valence-electron chi connectivity index (χ3n) is 7.37. The lowest BCUT2D eigenvalue weighted by atomic mass is 9.94. The number of carbonyl (C=O) groups excluding carboxylic acids is 1. The molecule has 0 aliphatic carbocycles. The lowest BCUT2D eigenvalue weighted by Gasteiger charge is -2.34. The van der Waals surface area contributed by atoms with Crippen molar-refractivity contribution in [1.29, 1.82) is 0 Å². The Kier molecular flexibility index (Phi) is 7.99. The fourth-order valence-corrected chi connectivity index (χ4v) is 6.32. The zero-order valence-corrected chi connectivity index (χ0v) is 23.6. The maximum Gasteiger partial charge on any atom is 0.334 e. The van der Waals surface area contributed by atoms with E-state index in [-0.39, 0.29) is 35.4 Å². The molecule has 224 valence electrons. The number of aliphatic hydroxyl groups is 1. The monoisotopic (exact) mass is 602 g/mol. The standard InChI is InChI=1S/C26H30F4N4O6S/c1-14(25(2,3)37)33-19-9-15(23(35)32-26(4)5-7-41(38,39)8-6-26)16(27)10-20(19)34(24(33)36)18-11-22(31-12-17(18)28)40-13-21(29)30/h9-12,14,21,37H,5-8,13H2,1-4H3,(H,32,35)/t14-/m0/s1. The second-order valence-electron chi connectivity index (χ2n) is 11.0. The van der Waals surface area contributed by atoms with E-state index in [9.17, 15) is 36.3 Å². The summed E-state index contributed by atoms with van der Waals surface area (Å²) in [7, 11) is -3.23. The molecular formula is C26H30F4N4O6S. The maximum absolute atomic E-state index is 15.5. The van der Waals surface area contributed by atoms with Crippen LogP contribution in [0.5, 0.6) is 5.88 Å². The molecule has 3 heterocycles. The van der Waals surface area contributed by atoms with Crippen LogP contribution in [0.15, 0.2) is 29.2 Å². The van der Waals surface area contributed by atoms with Crippen molar-refractivity contribution in [3.05, 3.63) is 52.1 Å². The van der Waals surface area contributed by atoms with Gasteiger partial charge in [-0.1, -0.05) is 0 Å². The normalized spacial score (nSPS) is 17.5. The molecule has 2 N–H and O–H groups in total. The number of halogens is 4. The molecule has 1 atom stereocenters. The highest BCUT2D eigenvalue weighted by Crippen LogP contribution is 2.31. The number of nitrogens with zero attached hydrogens (tertiary/aromatic N) is 3. The van der Waals surface area contributed by atoms with E-state index in [0.717, 1.165) is 27.3 Å². The summed E-state index contributed by atoms with van der Waals surface area (Å²) in [5, 5.41) is 13.4. The minimum atomic E-state index is -3.23. The number of hydrogen-bond donors (Lipinski definition) is 2. The van der Waals surface area contributed by atoms with Crippen LogP contribution in [0.25, 0.3) is 16.7 Å².